The van der Waals surface area contributed by atoms with Crippen LogP contribution in [0.5, 0.6) is 0 Å². The van der Waals surface area contributed by atoms with Crippen LogP contribution in [0.4, 0.5) is 8.78 Å². The number of nitrogens with one attached hydrogen (secondary N) is 1. The van der Waals surface area contributed by atoms with Gasteiger partial charge in [0.05, 0.1) is 36.0 Å². The third-order valence-corrected chi connectivity index (χ3v) is 7.25. The first-order valence-electron chi connectivity index (χ1n) is 14.4. The SMILES string of the molecule is CC/C(C(=O)NC(CC)c1ccccn1)=C(\C=C(\C)CC1=C(F)C(C)N(/N=C(/c2ccc(F)cc2)C(C)C=O)C=C1)OC. The summed E-state index contributed by atoms with van der Waals surface area (Å²) in [5.74, 6) is -1.17. The van der Waals surface area contributed by atoms with Gasteiger partial charge in [-0.1, -0.05) is 44.5 Å². The molecule has 43 heavy (non-hydrogen) atoms. The molecule has 1 N–H and O–H groups in total. The fraction of sp³-hybridized carbons (Fsp3) is 0.353. The first-order valence-corrected chi connectivity index (χ1v) is 14.4. The zero-order valence-electron chi connectivity index (χ0n) is 25.6. The number of hydrogen-bond acceptors (Lipinski definition) is 6. The minimum atomic E-state index is -0.728. The maximum Gasteiger partial charge on any atom is 0.251 e. The number of carbonyl (C=O) groups excluding carboxylic acids is 2. The third kappa shape index (κ3) is 8.56. The number of hydrazone groups is 1. The summed E-state index contributed by atoms with van der Waals surface area (Å²) >= 11 is 0. The molecule has 0 bridgehead atoms. The van der Waals surface area contributed by atoms with Crippen LogP contribution in [-0.4, -0.2) is 41.0 Å². The van der Waals surface area contributed by atoms with Crippen molar-refractivity contribution in [2.75, 3.05) is 7.11 Å². The standard InChI is InChI=1S/C34H40F2N4O3/c1-7-28(34(42)38-29(8-2)30-11-9-10-17-37-30)31(43-6)20-22(3)19-26-16-18-40(24(5)32(26)36)39-33(23(4)21-41)25-12-14-27(35)15-13-25/h9-18,20-21,23-24,29H,7-8,19H2,1-6H3,(H,38,42)/b22-20-,31-28-,39-33+. The van der Waals surface area contributed by atoms with Crippen molar-refractivity contribution in [3.63, 3.8) is 0 Å². The largest absolute Gasteiger partial charge is 0.496 e. The second-order valence-corrected chi connectivity index (χ2v) is 10.4. The molecule has 2 aromatic rings. The molecule has 0 fully saturated rings. The molecule has 0 aliphatic carbocycles. The summed E-state index contributed by atoms with van der Waals surface area (Å²) in [6, 6.07) is 10.3. The minimum absolute atomic E-state index is 0.241. The van der Waals surface area contributed by atoms with E-state index in [-0.39, 0.29) is 24.2 Å². The van der Waals surface area contributed by atoms with E-state index < -0.39 is 17.8 Å². The van der Waals surface area contributed by atoms with Gasteiger partial charge in [-0.3, -0.25) is 14.8 Å². The highest BCUT2D eigenvalue weighted by molar-refractivity contribution is 6.08. The quantitative estimate of drug-likeness (QED) is 0.0883. The summed E-state index contributed by atoms with van der Waals surface area (Å²) in [5.41, 5.74) is 3.52. The highest BCUT2D eigenvalue weighted by Gasteiger charge is 2.25. The molecule has 7 nitrogen and oxygen atoms in total. The first-order chi connectivity index (χ1) is 20.6. The summed E-state index contributed by atoms with van der Waals surface area (Å²) in [4.78, 5) is 29.2. The van der Waals surface area contributed by atoms with E-state index in [1.54, 1.807) is 50.5 Å². The van der Waals surface area contributed by atoms with E-state index in [9.17, 15) is 14.0 Å². The Morgan fingerprint density at radius 3 is 2.49 bits per heavy atom. The van der Waals surface area contributed by atoms with Gasteiger partial charge in [0.15, 0.2) is 0 Å². The Hall–Kier alpha value is -4.40. The van der Waals surface area contributed by atoms with Crippen LogP contribution in [0, 0.1) is 11.7 Å². The molecule has 0 spiro atoms. The first kappa shape index (κ1) is 33.1. The summed E-state index contributed by atoms with van der Waals surface area (Å²) < 4.78 is 34.7. The number of benzene rings is 1. The van der Waals surface area contributed by atoms with Gasteiger partial charge in [0, 0.05) is 12.4 Å². The molecule has 228 valence electrons. The van der Waals surface area contributed by atoms with Crippen LogP contribution < -0.4 is 5.32 Å². The van der Waals surface area contributed by atoms with Crippen molar-refractivity contribution >= 4 is 17.9 Å². The number of allylic oxidation sites excluding steroid dienone is 4. The van der Waals surface area contributed by atoms with Gasteiger partial charge < -0.3 is 14.8 Å². The molecular formula is C34H40F2N4O3. The van der Waals surface area contributed by atoms with Crippen LogP contribution in [-0.2, 0) is 14.3 Å². The van der Waals surface area contributed by atoms with Gasteiger partial charge in [-0.05, 0) is 80.7 Å². The van der Waals surface area contributed by atoms with Gasteiger partial charge in [0.2, 0.25) is 0 Å². The molecule has 3 unspecified atom stereocenters. The Labute approximate surface area is 252 Å². The van der Waals surface area contributed by atoms with Crippen molar-refractivity contribution < 1.29 is 23.1 Å². The van der Waals surface area contributed by atoms with Crippen LogP contribution in [0.2, 0.25) is 0 Å². The Morgan fingerprint density at radius 2 is 1.91 bits per heavy atom. The van der Waals surface area contributed by atoms with E-state index in [1.165, 1.54) is 24.3 Å². The Balaban J connectivity index is 1.82. The average molecular weight is 591 g/mol. The van der Waals surface area contributed by atoms with Gasteiger partial charge in [0.1, 0.15) is 29.7 Å². The summed E-state index contributed by atoms with van der Waals surface area (Å²) in [7, 11) is 1.51. The van der Waals surface area contributed by atoms with Crippen LogP contribution in [0.15, 0.2) is 100 Å². The maximum absolute atomic E-state index is 15.6. The van der Waals surface area contributed by atoms with Crippen molar-refractivity contribution in [1.29, 1.82) is 0 Å². The predicted molar refractivity (Wildman–Crippen MR) is 165 cm³/mol. The van der Waals surface area contributed by atoms with E-state index in [0.29, 0.717) is 41.0 Å². The second-order valence-electron chi connectivity index (χ2n) is 10.4. The Kier molecular flexibility index (Phi) is 12.1. The van der Waals surface area contributed by atoms with Crippen molar-refractivity contribution in [3.05, 3.63) is 112 Å². The molecule has 0 saturated heterocycles. The number of halogens is 2. The minimum Gasteiger partial charge on any atom is -0.496 e. The molecule has 1 amide bonds. The monoisotopic (exact) mass is 590 g/mol. The molecule has 0 saturated carbocycles. The highest BCUT2D eigenvalue weighted by Crippen LogP contribution is 2.29. The lowest BCUT2D eigenvalue weighted by molar-refractivity contribution is -0.118. The van der Waals surface area contributed by atoms with Gasteiger partial charge in [0.25, 0.3) is 5.91 Å². The Bertz CT molecular complexity index is 1430. The summed E-state index contributed by atoms with van der Waals surface area (Å²) in [6.07, 6.45) is 8.93. The fourth-order valence-electron chi connectivity index (χ4n) is 4.75. The lowest BCUT2D eigenvalue weighted by Gasteiger charge is -2.28. The molecule has 2 heterocycles. The smallest absolute Gasteiger partial charge is 0.251 e. The van der Waals surface area contributed by atoms with Crippen LogP contribution >= 0.6 is 0 Å². The Morgan fingerprint density at radius 1 is 1.19 bits per heavy atom. The molecule has 3 atom stereocenters. The van der Waals surface area contributed by atoms with Gasteiger partial charge >= 0.3 is 0 Å². The number of hydrogen-bond donors (Lipinski definition) is 1. The molecule has 1 aromatic heterocycles. The maximum atomic E-state index is 15.6. The molecule has 1 aliphatic rings. The van der Waals surface area contributed by atoms with Gasteiger partial charge in [-0.25, -0.2) is 8.78 Å². The number of aldehydes is 1. The van der Waals surface area contributed by atoms with Crippen molar-refractivity contribution in [1.82, 2.24) is 15.3 Å². The summed E-state index contributed by atoms with van der Waals surface area (Å²) in [5, 5.41) is 9.08. The van der Waals surface area contributed by atoms with Crippen LogP contribution in [0.3, 0.4) is 0 Å². The van der Waals surface area contributed by atoms with Gasteiger partial charge in [-0.2, -0.15) is 5.10 Å². The van der Waals surface area contributed by atoms with E-state index in [2.05, 4.69) is 15.4 Å². The number of carbonyl (C=O) groups is 2. The molecule has 9 heteroatoms. The number of rotatable bonds is 13. The zero-order valence-corrected chi connectivity index (χ0v) is 25.6. The lowest BCUT2D eigenvalue weighted by atomic mass is 9.98. The highest BCUT2D eigenvalue weighted by atomic mass is 19.1. The number of aromatic nitrogens is 1. The molecule has 3 rings (SSSR count). The zero-order chi connectivity index (χ0) is 31.5. The van der Waals surface area contributed by atoms with E-state index in [1.807, 2.05) is 39.0 Å². The van der Waals surface area contributed by atoms with Crippen LogP contribution in [0.1, 0.15) is 71.2 Å². The van der Waals surface area contributed by atoms with Crippen molar-refractivity contribution in [3.8, 4) is 0 Å². The molecule has 1 aromatic carbocycles. The third-order valence-electron chi connectivity index (χ3n) is 7.25. The molecule has 0 radical (unpaired) electrons. The summed E-state index contributed by atoms with van der Waals surface area (Å²) in [6.45, 7) is 9.09. The number of nitrogens with zero attached hydrogens (tertiary/aromatic N) is 3. The van der Waals surface area contributed by atoms with E-state index in [0.717, 1.165) is 17.6 Å². The molecular weight excluding hydrogens is 550 g/mol. The second kappa shape index (κ2) is 15.7. The van der Waals surface area contributed by atoms with Crippen LogP contribution in [0.25, 0.3) is 0 Å². The number of amides is 1. The number of methoxy groups -OCH3 is 1. The van der Waals surface area contributed by atoms with Crippen molar-refractivity contribution in [2.24, 2.45) is 11.0 Å². The van der Waals surface area contributed by atoms with E-state index >= 15 is 4.39 Å². The normalized spacial score (nSPS) is 17.8. The number of ether oxygens (including phenoxy) is 1. The predicted octanol–water partition coefficient (Wildman–Crippen LogP) is 7.12. The lowest BCUT2D eigenvalue weighted by Crippen LogP contribution is -2.30. The molecule has 1 aliphatic heterocycles. The average Bonchev–Trinajstić information content (AvgIpc) is 3.02. The van der Waals surface area contributed by atoms with Crippen molar-refractivity contribution in [2.45, 2.75) is 66.0 Å². The van der Waals surface area contributed by atoms with E-state index in [4.69, 9.17) is 4.74 Å². The van der Waals surface area contributed by atoms with Gasteiger partial charge in [-0.15, -0.1) is 0 Å². The fourth-order valence-corrected chi connectivity index (χ4v) is 4.75. The topological polar surface area (TPSA) is 83.9 Å². The number of pyridine rings is 1.